The number of carboxylic acid groups (broad SMARTS) is 1. The molecule has 0 saturated carbocycles. The number of aliphatic hydroxyl groups excluding tert-OH is 2. The largest absolute Gasteiger partial charge is 1.00 e. The number of hydrogen-bond acceptors (Lipinski definition) is 7. The van der Waals surface area contributed by atoms with Crippen LogP contribution in [0.1, 0.15) is 71.1 Å². The maximum atomic E-state index is 10.1. The number of hydrogen-bond donors (Lipinski definition) is 3. The minimum absolute atomic E-state index is 0. The van der Waals surface area contributed by atoms with Crippen molar-refractivity contribution in [2.75, 3.05) is 26.4 Å². The van der Waals surface area contributed by atoms with Crippen LogP contribution in [0.15, 0.2) is 0 Å². The molecule has 0 bridgehead atoms. The first-order chi connectivity index (χ1) is 11.2. The van der Waals surface area contributed by atoms with Crippen molar-refractivity contribution >= 4 is 5.97 Å². The summed E-state index contributed by atoms with van der Waals surface area (Å²) in [5, 5.41) is 26.4. The van der Waals surface area contributed by atoms with E-state index in [1.165, 1.54) is 44.9 Å². The van der Waals surface area contributed by atoms with Crippen molar-refractivity contribution in [2.45, 2.75) is 71.1 Å². The molecule has 0 aromatic rings. The van der Waals surface area contributed by atoms with Crippen molar-refractivity contribution in [3.05, 3.63) is 0 Å². The van der Waals surface area contributed by atoms with Crippen LogP contribution >= 0.6 is 0 Å². The molecule has 0 spiro atoms. The Bertz CT molecular complexity index is 229. The van der Waals surface area contributed by atoms with E-state index in [9.17, 15) is 9.90 Å². The van der Waals surface area contributed by atoms with E-state index in [0.29, 0.717) is 0 Å². The van der Waals surface area contributed by atoms with Gasteiger partial charge in [-0.1, -0.05) is 63.9 Å². The van der Waals surface area contributed by atoms with E-state index < -0.39 is 5.97 Å². The average Bonchev–Trinajstić information content (AvgIpc) is 2.54. The van der Waals surface area contributed by atoms with Crippen LogP contribution in [0.3, 0.4) is 0 Å². The van der Waals surface area contributed by atoms with Crippen LogP contribution in [0, 0.1) is 0 Å². The van der Waals surface area contributed by atoms with Gasteiger partial charge in [-0.05, 0) is 12.8 Å². The van der Waals surface area contributed by atoms with Crippen LogP contribution in [0.25, 0.3) is 0 Å². The molecule has 0 heterocycles. The molecule has 7 nitrogen and oxygen atoms in total. The predicted octanol–water partition coefficient (Wildman–Crippen LogP) is -1.91. The van der Waals surface area contributed by atoms with Crippen molar-refractivity contribution in [3.63, 3.8) is 0 Å². The Kier molecular flexibility index (Phi) is 34.0. The molecule has 0 aromatic carbocycles. The van der Waals surface area contributed by atoms with E-state index in [2.05, 4.69) is 22.2 Å². The van der Waals surface area contributed by atoms with E-state index in [1.807, 2.05) is 0 Å². The molecule has 0 aliphatic carbocycles. The van der Waals surface area contributed by atoms with Crippen molar-refractivity contribution in [1.29, 1.82) is 0 Å². The van der Waals surface area contributed by atoms with Crippen LogP contribution in [-0.2, 0) is 14.5 Å². The number of carboxylic acids is 1. The molecule has 3 N–H and O–H groups in total. The Morgan fingerprint density at radius 2 is 1.29 bits per heavy atom. The first-order valence-corrected chi connectivity index (χ1v) is 8.59. The zero-order valence-electron chi connectivity index (χ0n) is 15.4. The second kappa shape index (κ2) is 28.1. The van der Waals surface area contributed by atoms with E-state index in [4.69, 9.17) is 10.2 Å². The third-order valence-corrected chi connectivity index (χ3v) is 2.99. The number of nitrogens with one attached hydrogen (secondary N) is 1. The van der Waals surface area contributed by atoms with Crippen molar-refractivity contribution in [2.24, 2.45) is 0 Å². The van der Waals surface area contributed by atoms with Gasteiger partial charge in [-0.25, -0.2) is 0 Å². The molecule has 0 unspecified atom stereocenters. The fourth-order valence-corrected chi connectivity index (χ4v) is 1.80. The van der Waals surface area contributed by atoms with Gasteiger partial charge in [-0.2, -0.15) is 0 Å². The second-order valence-corrected chi connectivity index (χ2v) is 5.18. The zero-order chi connectivity index (χ0) is 17.6. The summed E-state index contributed by atoms with van der Waals surface area (Å²) in [6, 6.07) is 0. The van der Waals surface area contributed by atoms with Gasteiger partial charge < -0.3 is 20.1 Å². The molecular formula is C16H34NNaO6. The Morgan fingerprint density at radius 3 is 1.67 bits per heavy atom. The van der Waals surface area contributed by atoms with Crippen LogP contribution < -0.4 is 40.3 Å². The van der Waals surface area contributed by atoms with Gasteiger partial charge in [0.05, 0.1) is 26.4 Å². The molecule has 0 saturated heterocycles. The maximum Gasteiger partial charge on any atom is 1.00 e. The molecule has 8 heteroatoms. The first kappa shape index (κ1) is 29.0. The molecule has 24 heavy (non-hydrogen) atoms. The number of carbonyl (C=O) groups is 1. The number of rotatable bonds is 16. The van der Waals surface area contributed by atoms with Gasteiger partial charge in [0.15, 0.2) is 0 Å². The number of carbonyl (C=O) groups excluding carboxylic acids is 1. The van der Waals surface area contributed by atoms with Crippen LogP contribution in [0.5, 0.6) is 0 Å². The fourth-order valence-electron chi connectivity index (χ4n) is 1.80. The van der Waals surface area contributed by atoms with E-state index in [0.717, 1.165) is 12.8 Å². The Hall–Kier alpha value is 0.270. The predicted molar refractivity (Wildman–Crippen MR) is 86.1 cm³/mol. The minimum Gasteiger partial charge on any atom is -0.550 e. The molecule has 0 aliphatic heterocycles. The molecule has 0 fully saturated rings. The minimum atomic E-state index is -0.909. The summed E-state index contributed by atoms with van der Waals surface area (Å²) in [6.45, 7) is 2.45. The molecule has 140 valence electrons. The molecule has 0 aromatic heterocycles. The van der Waals surface area contributed by atoms with Crippen molar-refractivity contribution in [1.82, 2.24) is 5.64 Å². The average molecular weight is 359 g/mol. The van der Waals surface area contributed by atoms with Gasteiger partial charge in [0.1, 0.15) is 0 Å². The summed E-state index contributed by atoms with van der Waals surface area (Å²) in [7, 11) is 0. The molecule has 0 radical (unpaired) electrons. The quantitative estimate of drug-likeness (QED) is 0.167. The Morgan fingerprint density at radius 1 is 0.875 bits per heavy atom. The first-order valence-electron chi connectivity index (χ1n) is 8.59. The summed E-state index contributed by atoms with van der Waals surface area (Å²) in [5.41, 5.74) is 2.07. The van der Waals surface area contributed by atoms with Gasteiger partial charge in [0.2, 0.25) is 0 Å². The number of unbranched alkanes of at least 4 members (excludes halogenated alkanes) is 8. The monoisotopic (exact) mass is 359 g/mol. The molecule has 0 atom stereocenters. The van der Waals surface area contributed by atoms with E-state index >= 15 is 0 Å². The maximum absolute atomic E-state index is 10.1. The summed E-state index contributed by atoms with van der Waals surface area (Å²) in [6.07, 6.45) is 11.2. The normalized spacial score (nSPS) is 9.79. The van der Waals surface area contributed by atoms with Crippen LogP contribution in [0.2, 0.25) is 0 Å². The molecule has 0 rings (SSSR count). The van der Waals surface area contributed by atoms with Crippen LogP contribution in [-0.4, -0.2) is 42.6 Å². The van der Waals surface area contributed by atoms with Gasteiger partial charge in [0.25, 0.3) is 0 Å². The molecular weight excluding hydrogens is 325 g/mol. The summed E-state index contributed by atoms with van der Waals surface area (Å²) in [5.74, 6) is -0.909. The number of aliphatic hydroxyl groups is 2. The van der Waals surface area contributed by atoms with Gasteiger partial charge in [-0.15, -0.1) is 0 Å². The van der Waals surface area contributed by atoms with Gasteiger partial charge >= 0.3 is 29.6 Å². The standard InChI is InChI=1S/C12H24O2.C4H11NO4.Na/c1-2-3-4-5-6-7-8-9-10-11-12(13)14;6-1-3-8-5-9-4-2-7;/h2-11H2,1H3,(H,13,14);5-7H,1-4H2;/q;;+1/p-1. The Balaban J connectivity index is -0.000000385. The van der Waals surface area contributed by atoms with E-state index in [1.54, 1.807) is 0 Å². The van der Waals surface area contributed by atoms with Gasteiger partial charge in [-0.3, -0.25) is 9.68 Å². The van der Waals surface area contributed by atoms with Crippen molar-refractivity contribution < 1.29 is 59.3 Å². The fraction of sp³-hybridized carbons (Fsp3) is 0.938. The third-order valence-electron chi connectivity index (χ3n) is 2.99. The summed E-state index contributed by atoms with van der Waals surface area (Å²) < 4.78 is 0. The second-order valence-electron chi connectivity index (χ2n) is 5.18. The smallest absolute Gasteiger partial charge is 0.550 e. The molecule has 0 amide bonds. The zero-order valence-corrected chi connectivity index (χ0v) is 17.4. The number of aliphatic carboxylic acids is 1. The third kappa shape index (κ3) is 33.8. The van der Waals surface area contributed by atoms with Crippen LogP contribution in [0.4, 0.5) is 0 Å². The summed E-state index contributed by atoms with van der Waals surface area (Å²) >= 11 is 0. The Labute approximate surface area is 168 Å². The molecule has 0 aliphatic rings. The SMILES string of the molecule is CCCCCCCCCCCC(=O)[O-].OCCONOCCO.[Na+]. The topological polar surface area (TPSA) is 111 Å². The van der Waals surface area contributed by atoms with Crippen molar-refractivity contribution in [3.8, 4) is 0 Å². The van der Waals surface area contributed by atoms with E-state index in [-0.39, 0.29) is 62.4 Å². The van der Waals surface area contributed by atoms with Gasteiger partial charge in [0, 0.05) is 5.97 Å². The summed E-state index contributed by atoms with van der Waals surface area (Å²) in [4.78, 5) is 19.0.